The molecule has 1 aliphatic rings. The molecule has 0 radical (unpaired) electrons. The maximum absolute atomic E-state index is 12.9. The number of aromatic nitrogens is 3. The Morgan fingerprint density at radius 1 is 0.767 bits per heavy atom. The minimum Gasteiger partial charge on any atom is -0.393 e. The number of benzene rings is 4. The summed E-state index contributed by atoms with van der Waals surface area (Å²) in [5, 5.41) is 22.1. The first kappa shape index (κ1) is 26.5. The lowest BCUT2D eigenvalue weighted by Crippen LogP contribution is -2.35. The van der Waals surface area contributed by atoms with Gasteiger partial charge in [-0.2, -0.15) is 5.10 Å². The predicted octanol–water partition coefficient (Wildman–Crippen LogP) is 5.97. The van der Waals surface area contributed by atoms with Gasteiger partial charge in [0.15, 0.2) is 0 Å². The Kier molecular flexibility index (Phi) is 6.84. The van der Waals surface area contributed by atoms with E-state index in [4.69, 9.17) is 0 Å². The number of hydrogen-bond donors (Lipinski definition) is 4. The Morgan fingerprint density at radius 2 is 1.47 bits per heavy atom. The number of aromatic amines is 1. The molecule has 9 heteroatoms. The van der Waals surface area contributed by atoms with Crippen LogP contribution in [0, 0.1) is 0 Å². The van der Waals surface area contributed by atoms with Gasteiger partial charge in [-0.1, -0.05) is 18.2 Å². The molecular formula is C34H30N6O3. The van der Waals surface area contributed by atoms with E-state index < -0.39 is 0 Å². The number of fused-ring (bicyclic) bond motifs is 2. The van der Waals surface area contributed by atoms with Crippen molar-refractivity contribution in [2.24, 2.45) is 0 Å². The zero-order chi connectivity index (χ0) is 29.3. The van der Waals surface area contributed by atoms with Gasteiger partial charge in [0.05, 0.1) is 23.5 Å². The van der Waals surface area contributed by atoms with Crippen LogP contribution in [0.2, 0.25) is 0 Å². The second kappa shape index (κ2) is 11.1. The molecule has 2 amide bonds. The Morgan fingerprint density at radius 3 is 2.23 bits per heavy atom. The van der Waals surface area contributed by atoms with Gasteiger partial charge in [-0.3, -0.25) is 9.59 Å². The monoisotopic (exact) mass is 570 g/mol. The van der Waals surface area contributed by atoms with Crippen LogP contribution in [0.5, 0.6) is 0 Å². The first-order valence-electron chi connectivity index (χ1n) is 14.3. The number of piperidine rings is 1. The lowest BCUT2D eigenvalue weighted by Gasteiger charge is -2.31. The summed E-state index contributed by atoms with van der Waals surface area (Å²) in [6.07, 6.45) is 3.07. The van der Waals surface area contributed by atoms with Crippen molar-refractivity contribution in [3.63, 3.8) is 0 Å². The van der Waals surface area contributed by atoms with E-state index in [1.54, 1.807) is 6.20 Å². The van der Waals surface area contributed by atoms with Gasteiger partial charge in [0.2, 0.25) is 0 Å². The average molecular weight is 571 g/mol. The fraction of sp³-hybridized carbons (Fsp3) is 0.147. The number of para-hydroxylation sites is 1. The second-order valence-electron chi connectivity index (χ2n) is 10.8. The number of H-pyrrole nitrogens is 1. The molecule has 7 rings (SSSR count). The molecule has 0 unspecified atom stereocenters. The number of rotatable bonds is 6. The van der Waals surface area contributed by atoms with Gasteiger partial charge >= 0.3 is 0 Å². The molecule has 0 saturated carbocycles. The Labute approximate surface area is 247 Å². The van der Waals surface area contributed by atoms with Gasteiger partial charge in [-0.15, -0.1) is 0 Å². The number of carbonyl (C=O) groups excluding carboxylic acids is 2. The second-order valence-corrected chi connectivity index (χ2v) is 10.8. The van der Waals surface area contributed by atoms with E-state index in [0.717, 1.165) is 59.1 Å². The number of nitrogens with one attached hydrogen (secondary N) is 3. The third-order valence-electron chi connectivity index (χ3n) is 7.93. The molecule has 2 aromatic heterocycles. The fourth-order valence-corrected chi connectivity index (χ4v) is 5.55. The summed E-state index contributed by atoms with van der Waals surface area (Å²) in [6.45, 7) is 1.62. The number of anilines is 3. The predicted molar refractivity (Wildman–Crippen MR) is 169 cm³/mol. The summed E-state index contributed by atoms with van der Waals surface area (Å²) in [5.74, 6) is -0.390. The quantitative estimate of drug-likeness (QED) is 0.197. The molecule has 3 heterocycles. The van der Waals surface area contributed by atoms with Gasteiger partial charge in [-0.25, -0.2) is 4.68 Å². The molecular weight excluding hydrogens is 540 g/mol. The zero-order valence-corrected chi connectivity index (χ0v) is 23.3. The van der Waals surface area contributed by atoms with Crippen molar-refractivity contribution in [2.75, 3.05) is 28.6 Å². The molecule has 4 N–H and O–H groups in total. The molecule has 6 aromatic rings. The van der Waals surface area contributed by atoms with E-state index >= 15 is 0 Å². The van der Waals surface area contributed by atoms with Crippen LogP contribution >= 0.6 is 0 Å². The molecule has 1 saturated heterocycles. The number of carbonyl (C=O) groups is 2. The highest BCUT2D eigenvalue weighted by Crippen LogP contribution is 2.25. The lowest BCUT2D eigenvalue weighted by atomic mass is 10.1. The summed E-state index contributed by atoms with van der Waals surface area (Å²) in [5.41, 5.74) is 6.15. The maximum Gasteiger partial charge on any atom is 0.272 e. The summed E-state index contributed by atoms with van der Waals surface area (Å²) in [6, 6.07) is 30.4. The van der Waals surface area contributed by atoms with Crippen LogP contribution in [0.4, 0.5) is 17.1 Å². The van der Waals surface area contributed by atoms with Crippen LogP contribution in [0.15, 0.2) is 103 Å². The molecule has 9 nitrogen and oxygen atoms in total. The third kappa shape index (κ3) is 5.45. The van der Waals surface area contributed by atoms with E-state index in [-0.39, 0.29) is 17.9 Å². The van der Waals surface area contributed by atoms with Gasteiger partial charge in [0.1, 0.15) is 5.69 Å². The molecule has 1 aliphatic heterocycles. The molecule has 1 fully saturated rings. The van der Waals surface area contributed by atoms with Crippen molar-refractivity contribution in [3.05, 3.63) is 115 Å². The highest BCUT2D eigenvalue weighted by molar-refractivity contribution is 6.06. The maximum atomic E-state index is 12.9. The van der Waals surface area contributed by atoms with Crippen molar-refractivity contribution in [1.82, 2.24) is 14.8 Å². The number of hydrogen-bond acceptors (Lipinski definition) is 5. The van der Waals surface area contributed by atoms with E-state index in [2.05, 4.69) is 25.6 Å². The first-order chi connectivity index (χ1) is 21.0. The number of nitrogens with zero attached hydrogens (tertiary/aromatic N) is 3. The Balaban J connectivity index is 1.01. The van der Waals surface area contributed by atoms with E-state index in [1.165, 1.54) is 0 Å². The van der Waals surface area contributed by atoms with Crippen molar-refractivity contribution in [2.45, 2.75) is 18.9 Å². The molecule has 0 spiro atoms. The number of aliphatic hydroxyl groups excluding tert-OH is 1. The molecule has 0 atom stereocenters. The number of aliphatic hydroxyl groups is 1. The SMILES string of the molecule is O=C(Nc1ccc2c(cnn2-c2ccc(NC(=O)c3cc4ccccc4[nH]3)cc2)c1)c1ccc(N2CCC(O)CC2)cc1. The van der Waals surface area contributed by atoms with Crippen molar-refractivity contribution in [1.29, 1.82) is 0 Å². The van der Waals surface area contributed by atoms with E-state index in [0.29, 0.717) is 22.6 Å². The van der Waals surface area contributed by atoms with Crippen molar-refractivity contribution in [3.8, 4) is 5.69 Å². The van der Waals surface area contributed by atoms with Crippen LogP contribution in [0.25, 0.3) is 27.5 Å². The summed E-state index contributed by atoms with van der Waals surface area (Å²) < 4.78 is 1.82. The zero-order valence-electron chi connectivity index (χ0n) is 23.3. The van der Waals surface area contributed by atoms with Crippen molar-refractivity contribution < 1.29 is 14.7 Å². The number of amides is 2. The molecule has 43 heavy (non-hydrogen) atoms. The van der Waals surface area contributed by atoms with Crippen LogP contribution in [-0.4, -0.2) is 50.9 Å². The summed E-state index contributed by atoms with van der Waals surface area (Å²) >= 11 is 0. The molecule has 0 aliphatic carbocycles. The average Bonchev–Trinajstić information content (AvgIpc) is 3.66. The lowest BCUT2D eigenvalue weighted by molar-refractivity contribution is 0.101. The fourth-order valence-electron chi connectivity index (χ4n) is 5.55. The van der Waals surface area contributed by atoms with Crippen LogP contribution < -0.4 is 15.5 Å². The Bertz CT molecular complexity index is 1900. The highest BCUT2D eigenvalue weighted by atomic mass is 16.3. The van der Waals surface area contributed by atoms with E-state index in [9.17, 15) is 14.7 Å². The third-order valence-corrected chi connectivity index (χ3v) is 7.93. The normalized spacial score (nSPS) is 13.8. The van der Waals surface area contributed by atoms with Crippen LogP contribution in [0.3, 0.4) is 0 Å². The van der Waals surface area contributed by atoms with Crippen molar-refractivity contribution >= 4 is 50.7 Å². The minimum atomic E-state index is -0.220. The minimum absolute atomic E-state index is 0.183. The Hall–Kier alpha value is -5.41. The topological polar surface area (TPSA) is 115 Å². The van der Waals surface area contributed by atoms with E-state index in [1.807, 2.05) is 102 Å². The summed E-state index contributed by atoms with van der Waals surface area (Å²) in [7, 11) is 0. The largest absolute Gasteiger partial charge is 0.393 e. The van der Waals surface area contributed by atoms with Gasteiger partial charge in [0, 0.05) is 52.0 Å². The summed E-state index contributed by atoms with van der Waals surface area (Å²) in [4.78, 5) is 31.1. The molecule has 4 aromatic carbocycles. The molecule has 0 bridgehead atoms. The highest BCUT2D eigenvalue weighted by Gasteiger charge is 2.18. The van der Waals surface area contributed by atoms with Gasteiger partial charge in [-0.05, 0) is 91.7 Å². The smallest absolute Gasteiger partial charge is 0.272 e. The van der Waals surface area contributed by atoms with Crippen LogP contribution in [-0.2, 0) is 0 Å². The van der Waals surface area contributed by atoms with Crippen LogP contribution in [0.1, 0.15) is 33.7 Å². The van der Waals surface area contributed by atoms with Gasteiger partial charge in [0.25, 0.3) is 11.8 Å². The standard InChI is InChI=1S/C34H30N6O3/c41-29-15-17-39(18-16-29)27-10-5-22(6-11-27)33(42)37-26-9-14-32-24(19-26)21-35-40(32)28-12-7-25(8-13-28)36-34(43)31-20-23-3-1-2-4-30(23)38-31/h1-14,19-21,29,38,41H,15-18H2,(H,36,43)(H,37,42). The molecule has 214 valence electrons. The first-order valence-corrected chi connectivity index (χ1v) is 14.3. The van der Waals surface area contributed by atoms with Gasteiger partial charge < -0.3 is 25.6 Å².